The summed E-state index contributed by atoms with van der Waals surface area (Å²) in [5, 5.41) is 0. The van der Waals surface area contributed by atoms with Crippen LogP contribution in [-0.4, -0.2) is 9.97 Å². The van der Waals surface area contributed by atoms with Gasteiger partial charge in [-0.05, 0) is 50.1 Å². The summed E-state index contributed by atoms with van der Waals surface area (Å²) >= 11 is 6.12. The zero-order valence-corrected chi connectivity index (χ0v) is 11.0. The minimum Gasteiger partial charge on any atom is -0.306 e. The summed E-state index contributed by atoms with van der Waals surface area (Å²) in [6.45, 7) is 0. The lowest BCUT2D eigenvalue weighted by atomic mass is 10.2. The first kappa shape index (κ1) is 11.5. The lowest BCUT2D eigenvalue weighted by Gasteiger charge is -2.02. The van der Waals surface area contributed by atoms with Gasteiger partial charge in [-0.1, -0.05) is 0 Å². The van der Waals surface area contributed by atoms with Crippen LogP contribution in [0, 0.1) is 5.82 Å². The van der Waals surface area contributed by atoms with E-state index in [4.69, 9.17) is 0 Å². The normalized spacial score (nSPS) is 10.4. The summed E-state index contributed by atoms with van der Waals surface area (Å²) < 4.78 is 13.7. The Balaban J connectivity index is 2.55. The smallest absolute Gasteiger partial charge is 0.265 e. The number of aromatic nitrogens is 2. The number of benzene rings is 1. The standard InChI is InChI=1S/C10H5Br2FN2O/c11-6-3-5(1-2-8(6)13)9-14-4-7(12)10(16)15-9/h1-4H,(H,14,15,16). The highest BCUT2D eigenvalue weighted by Gasteiger charge is 2.05. The third-order valence-corrected chi connectivity index (χ3v) is 3.12. The van der Waals surface area contributed by atoms with E-state index in [-0.39, 0.29) is 11.4 Å². The topological polar surface area (TPSA) is 45.8 Å². The molecule has 0 saturated carbocycles. The van der Waals surface area contributed by atoms with Crippen LogP contribution in [0.5, 0.6) is 0 Å². The molecule has 0 unspecified atom stereocenters. The molecule has 0 amide bonds. The van der Waals surface area contributed by atoms with Gasteiger partial charge in [0.05, 0.1) is 4.47 Å². The third kappa shape index (κ3) is 2.22. The average Bonchev–Trinajstić information content (AvgIpc) is 2.26. The molecule has 1 N–H and O–H groups in total. The Hall–Kier alpha value is -1.01. The Bertz CT molecular complexity index is 598. The first-order valence-electron chi connectivity index (χ1n) is 4.28. The summed E-state index contributed by atoms with van der Waals surface area (Å²) in [4.78, 5) is 18.0. The molecule has 1 aromatic heterocycles. The van der Waals surface area contributed by atoms with E-state index in [9.17, 15) is 9.18 Å². The van der Waals surface area contributed by atoms with Gasteiger partial charge in [0.15, 0.2) is 0 Å². The Morgan fingerprint density at radius 3 is 2.62 bits per heavy atom. The maximum atomic E-state index is 13.0. The zero-order valence-electron chi connectivity index (χ0n) is 7.80. The molecule has 6 heteroatoms. The number of halogens is 3. The van der Waals surface area contributed by atoms with Gasteiger partial charge in [0.1, 0.15) is 16.1 Å². The highest BCUT2D eigenvalue weighted by molar-refractivity contribution is 9.10. The maximum absolute atomic E-state index is 13.0. The minimum absolute atomic E-state index is 0.273. The van der Waals surface area contributed by atoms with Gasteiger partial charge < -0.3 is 4.98 Å². The largest absolute Gasteiger partial charge is 0.306 e. The van der Waals surface area contributed by atoms with Crippen LogP contribution in [0.2, 0.25) is 0 Å². The van der Waals surface area contributed by atoms with Crippen molar-refractivity contribution in [2.45, 2.75) is 0 Å². The Morgan fingerprint density at radius 1 is 1.25 bits per heavy atom. The monoisotopic (exact) mass is 346 g/mol. The van der Waals surface area contributed by atoms with Crippen molar-refractivity contribution in [1.29, 1.82) is 0 Å². The van der Waals surface area contributed by atoms with Crippen LogP contribution in [0.4, 0.5) is 4.39 Å². The average molecular weight is 348 g/mol. The predicted molar refractivity (Wildman–Crippen MR) is 65.7 cm³/mol. The molecule has 0 spiro atoms. The number of aromatic amines is 1. The molecule has 0 radical (unpaired) electrons. The number of hydrogen-bond donors (Lipinski definition) is 1. The number of H-pyrrole nitrogens is 1. The molecule has 16 heavy (non-hydrogen) atoms. The highest BCUT2D eigenvalue weighted by atomic mass is 79.9. The van der Waals surface area contributed by atoms with E-state index in [0.717, 1.165) is 0 Å². The van der Waals surface area contributed by atoms with Gasteiger partial charge in [0.25, 0.3) is 5.56 Å². The summed E-state index contributed by atoms with van der Waals surface area (Å²) in [5.74, 6) is 0.0390. The van der Waals surface area contributed by atoms with Crippen molar-refractivity contribution in [3.8, 4) is 11.4 Å². The molecule has 2 aromatic rings. The molecular weight excluding hydrogens is 343 g/mol. The van der Waals surface area contributed by atoms with Gasteiger partial charge in [0, 0.05) is 11.8 Å². The molecule has 0 bridgehead atoms. The molecule has 3 nitrogen and oxygen atoms in total. The van der Waals surface area contributed by atoms with E-state index in [0.29, 0.717) is 20.3 Å². The molecule has 0 aliphatic carbocycles. The van der Waals surface area contributed by atoms with E-state index in [1.54, 1.807) is 12.1 Å². The van der Waals surface area contributed by atoms with Crippen LogP contribution in [0.1, 0.15) is 0 Å². The molecular formula is C10H5Br2FN2O. The molecule has 0 aliphatic heterocycles. The fraction of sp³-hybridized carbons (Fsp3) is 0. The maximum Gasteiger partial charge on any atom is 0.265 e. The number of rotatable bonds is 1. The fourth-order valence-electron chi connectivity index (χ4n) is 1.17. The van der Waals surface area contributed by atoms with E-state index >= 15 is 0 Å². The van der Waals surface area contributed by atoms with Crippen molar-refractivity contribution >= 4 is 31.9 Å². The van der Waals surface area contributed by atoms with Crippen molar-refractivity contribution in [2.24, 2.45) is 0 Å². The number of nitrogens with zero attached hydrogens (tertiary/aromatic N) is 1. The SMILES string of the molecule is O=c1[nH]c(-c2ccc(F)c(Br)c2)ncc1Br. The molecule has 0 fully saturated rings. The second kappa shape index (κ2) is 4.47. The van der Waals surface area contributed by atoms with Crippen molar-refractivity contribution < 1.29 is 4.39 Å². The van der Waals surface area contributed by atoms with Crippen LogP contribution < -0.4 is 5.56 Å². The number of nitrogens with one attached hydrogen (secondary N) is 1. The molecule has 0 aliphatic rings. The van der Waals surface area contributed by atoms with Crippen molar-refractivity contribution in [3.05, 3.63) is 49.5 Å². The van der Waals surface area contributed by atoms with Crippen LogP contribution in [0.3, 0.4) is 0 Å². The van der Waals surface area contributed by atoms with Gasteiger partial charge in [0.2, 0.25) is 0 Å². The first-order chi connectivity index (χ1) is 7.58. The predicted octanol–water partition coefficient (Wildman–Crippen LogP) is 3.10. The molecule has 1 aromatic carbocycles. The molecule has 1 heterocycles. The van der Waals surface area contributed by atoms with Gasteiger partial charge in [-0.3, -0.25) is 4.79 Å². The summed E-state index contributed by atoms with van der Waals surface area (Å²) in [6, 6.07) is 4.41. The summed E-state index contributed by atoms with van der Waals surface area (Å²) in [7, 11) is 0. The van der Waals surface area contributed by atoms with Crippen LogP contribution in [-0.2, 0) is 0 Å². The fourth-order valence-corrected chi connectivity index (χ4v) is 1.75. The van der Waals surface area contributed by atoms with Crippen LogP contribution in [0.15, 0.2) is 38.1 Å². The van der Waals surface area contributed by atoms with Crippen molar-refractivity contribution in [2.75, 3.05) is 0 Å². The van der Waals surface area contributed by atoms with E-state index in [2.05, 4.69) is 41.8 Å². The van der Waals surface area contributed by atoms with Gasteiger partial charge >= 0.3 is 0 Å². The lowest BCUT2D eigenvalue weighted by molar-refractivity contribution is 0.621. The second-order valence-corrected chi connectivity index (χ2v) is 4.75. The quantitative estimate of drug-likeness (QED) is 0.861. The number of hydrogen-bond acceptors (Lipinski definition) is 2. The Morgan fingerprint density at radius 2 is 2.00 bits per heavy atom. The highest BCUT2D eigenvalue weighted by Crippen LogP contribution is 2.22. The van der Waals surface area contributed by atoms with Crippen LogP contribution >= 0.6 is 31.9 Å². The molecule has 0 atom stereocenters. The van der Waals surface area contributed by atoms with Gasteiger partial charge in [-0.25, -0.2) is 9.37 Å². The van der Waals surface area contributed by atoms with E-state index in [1.807, 2.05) is 0 Å². The van der Waals surface area contributed by atoms with Crippen molar-refractivity contribution in [1.82, 2.24) is 9.97 Å². The van der Waals surface area contributed by atoms with Crippen LogP contribution in [0.25, 0.3) is 11.4 Å². The summed E-state index contributed by atoms with van der Waals surface area (Å²) in [6.07, 6.45) is 1.41. The molecule has 2 rings (SSSR count). The van der Waals surface area contributed by atoms with E-state index in [1.165, 1.54) is 12.3 Å². The van der Waals surface area contributed by atoms with Gasteiger partial charge in [-0.15, -0.1) is 0 Å². The second-order valence-electron chi connectivity index (χ2n) is 3.04. The Kier molecular flexibility index (Phi) is 3.20. The van der Waals surface area contributed by atoms with Gasteiger partial charge in [-0.2, -0.15) is 0 Å². The van der Waals surface area contributed by atoms with E-state index < -0.39 is 0 Å². The van der Waals surface area contributed by atoms with Crippen molar-refractivity contribution in [3.63, 3.8) is 0 Å². The third-order valence-electron chi connectivity index (χ3n) is 1.95. The summed E-state index contributed by atoms with van der Waals surface area (Å²) in [5.41, 5.74) is 0.364. The lowest BCUT2D eigenvalue weighted by Crippen LogP contribution is -2.08. The first-order valence-corrected chi connectivity index (χ1v) is 5.87. The molecule has 0 saturated heterocycles. The molecule has 82 valence electrons. The minimum atomic E-state index is -0.358. The zero-order chi connectivity index (χ0) is 11.7. The Labute approximate surface area is 107 Å².